The third-order valence-electron chi connectivity index (χ3n) is 4.04. The number of allylic oxidation sites excluding steroid dienone is 4. The largest absolute Gasteiger partial charge is 0.462 e. The van der Waals surface area contributed by atoms with Crippen LogP contribution in [0.2, 0.25) is 0 Å². The van der Waals surface area contributed by atoms with Crippen molar-refractivity contribution >= 4 is 23.9 Å². The van der Waals surface area contributed by atoms with Crippen LogP contribution in [-0.4, -0.2) is 50.3 Å². The van der Waals surface area contributed by atoms with Crippen molar-refractivity contribution in [2.75, 3.05) is 26.4 Å². The Balaban J connectivity index is 5.68. The molecule has 0 radical (unpaired) electrons. The van der Waals surface area contributed by atoms with Gasteiger partial charge in [-0.25, -0.2) is 19.2 Å². The van der Waals surface area contributed by atoms with Crippen LogP contribution in [0.1, 0.15) is 53.4 Å². The zero-order chi connectivity index (χ0) is 25.0. The van der Waals surface area contributed by atoms with E-state index in [1.165, 1.54) is 24.3 Å². The second-order valence-electron chi connectivity index (χ2n) is 7.17. The predicted molar refractivity (Wildman–Crippen MR) is 124 cm³/mol. The normalized spacial score (nSPS) is 13.5. The Hall–Kier alpha value is -3.16. The smallest absolute Gasteiger partial charge is 0.330 e. The first-order valence-electron chi connectivity index (χ1n) is 11.2. The highest BCUT2D eigenvalue weighted by Gasteiger charge is 2.37. The van der Waals surface area contributed by atoms with Crippen LogP contribution in [0.4, 0.5) is 0 Å². The minimum atomic E-state index is -1.29. The van der Waals surface area contributed by atoms with Crippen LogP contribution >= 0.6 is 0 Å². The van der Waals surface area contributed by atoms with E-state index in [1.807, 2.05) is 27.7 Å². The molecule has 0 fully saturated rings. The van der Waals surface area contributed by atoms with Gasteiger partial charge in [0.15, 0.2) is 0 Å². The topological polar surface area (TPSA) is 105 Å². The Labute approximate surface area is 196 Å². The van der Waals surface area contributed by atoms with Gasteiger partial charge in [-0.15, -0.1) is 0 Å². The summed E-state index contributed by atoms with van der Waals surface area (Å²) < 4.78 is 21.2. The second-order valence-corrected chi connectivity index (χ2v) is 7.17. The van der Waals surface area contributed by atoms with E-state index in [2.05, 4.69) is 0 Å². The van der Waals surface area contributed by atoms with Gasteiger partial charge < -0.3 is 18.9 Å². The molecule has 184 valence electrons. The molecule has 0 aliphatic rings. The van der Waals surface area contributed by atoms with Crippen LogP contribution in [0.15, 0.2) is 48.6 Å². The summed E-state index contributed by atoms with van der Waals surface area (Å²) >= 11 is 0. The molecule has 0 bridgehead atoms. The van der Waals surface area contributed by atoms with Gasteiger partial charge in [-0.05, 0) is 25.7 Å². The standard InChI is InChI=1S/C25H36O8/c1-5-9-13-21(26)30-17-25(18-31-22(27)14-10-6-2,19-32-23(28)15-11-7-3)20-33-24(29)16-12-8-4/h9-16H,5-8,17-20H2,1-4H3. The number of rotatable bonds is 16. The Kier molecular flexibility index (Phi) is 16.7. The zero-order valence-corrected chi connectivity index (χ0v) is 20.0. The first-order chi connectivity index (χ1) is 15.8. The Morgan fingerprint density at radius 1 is 0.485 bits per heavy atom. The number of carbonyl (C=O) groups is 4. The Morgan fingerprint density at radius 2 is 0.697 bits per heavy atom. The number of hydrogen-bond donors (Lipinski definition) is 0. The molecule has 0 heterocycles. The van der Waals surface area contributed by atoms with Crippen LogP contribution in [0.5, 0.6) is 0 Å². The van der Waals surface area contributed by atoms with Crippen molar-refractivity contribution in [2.45, 2.75) is 53.4 Å². The van der Waals surface area contributed by atoms with Gasteiger partial charge in [0, 0.05) is 24.3 Å². The van der Waals surface area contributed by atoms with E-state index >= 15 is 0 Å². The summed E-state index contributed by atoms with van der Waals surface area (Å²) in [5.74, 6) is -2.47. The highest BCUT2D eigenvalue weighted by Crippen LogP contribution is 2.22. The van der Waals surface area contributed by atoms with E-state index in [1.54, 1.807) is 24.3 Å². The lowest BCUT2D eigenvalue weighted by molar-refractivity contribution is -0.164. The first-order valence-corrected chi connectivity index (χ1v) is 11.2. The molecule has 0 rings (SSSR count). The van der Waals surface area contributed by atoms with E-state index in [4.69, 9.17) is 18.9 Å². The van der Waals surface area contributed by atoms with Crippen molar-refractivity contribution in [1.29, 1.82) is 0 Å². The number of ether oxygens (including phenoxy) is 4. The molecular weight excluding hydrogens is 428 g/mol. The van der Waals surface area contributed by atoms with E-state index in [9.17, 15) is 19.2 Å². The Morgan fingerprint density at radius 3 is 0.879 bits per heavy atom. The van der Waals surface area contributed by atoms with Crippen LogP contribution in [-0.2, 0) is 38.1 Å². The van der Waals surface area contributed by atoms with E-state index in [0.29, 0.717) is 25.7 Å². The van der Waals surface area contributed by atoms with Gasteiger partial charge in [0.2, 0.25) is 0 Å². The molecule has 8 heteroatoms. The first kappa shape index (κ1) is 29.8. The molecule has 0 unspecified atom stereocenters. The quantitative estimate of drug-likeness (QED) is 0.192. The Bertz CT molecular complexity index is 605. The lowest BCUT2D eigenvalue weighted by Crippen LogP contribution is -2.43. The zero-order valence-electron chi connectivity index (χ0n) is 20.0. The fourth-order valence-corrected chi connectivity index (χ4v) is 2.20. The predicted octanol–water partition coefficient (Wildman–Crippen LogP) is 4.01. The fourth-order valence-electron chi connectivity index (χ4n) is 2.20. The fraction of sp³-hybridized carbons (Fsp3) is 0.520. The molecule has 0 amide bonds. The van der Waals surface area contributed by atoms with Gasteiger partial charge in [-0.1, -0.05) is 52.0 Å². The minimum Gasteiger partial charge on any atom is -0.462 e. The number of carbonyl (C=O) groups excluding carboxylic acids is 4. The molecule has 0 atom stereocenters. The van der Waals surface area contributed by atoms with Crippen molar-refractivity contribution < 1.29 is 38.1 Å². The van der Waals surface area contributed by atoms with Gasteiger partial charge in [0.25, 0.3) is 0 Å². The van der Waals surface area contributed by atoms with Gasteiger partial charge in [-0.3, -0.25) is 0 Å². The van der Waals surface area contributed by atoms with Crippen molar-refractivity contribution in [3.63, 3.8) is 0 Å². The van der Waals surface area contributed by atoms with Gasteiger partial charge in [0.1, 0.15) is 31.8 Å². The highest BCUT2D eigenvalue weighted by molar-refractivity contribution is 5.83. The summed E-state index contributed by atoms with van der Waals surface area (Å²) in [4.78, 5) is 48.1. The molecule has 0 aromatic rings. The summed E-state index contributed by atoms with van der Waals surface area (Å²) in [6.07, 6.45) is 14.2. The average Bonchev–Trinajstić information content (AvgIpc) is 2.82. The summed E-state index contributed by atoms with van der Waals surface area (Å²) in [6.45, 7) is 6.24. The maximum Gasteiger partial charge on any atom is 0.330 e. The van der Waals surface area contributed by atoms with Crippen LogP contribution in [0.25, 0.3) is 0 Å². The van der Waals surface area contributed by atoms with Crippen LogP contribution in [0, 0.1) is 5.41 Å². The monoisotopic (exact) mass is 464 g/mol. The summed E-state index contributed by atoms with van der Waals surface area (Å²) in [7, 11) is 0. The van der Waals surface area contributed by atoms with Crippen molar-refractivity contribution in [1.82, 2.24) is 0 Å². The molecule has 0 saturated heterocycles. The lowest BCUT2D eigenvalue weighted by atomic mass is 9.92. The van der Waals surface area contributed by atoms with E-state index in [-0.39, 0.29) is 26.4 Å². The van der Waals surface area contributed by atoms with Crippen LogP contribution < -0.4 is 0 Å². The van der Waals surface area contributed by atoms with Crippen molar-refractivity contribution in [2.24, 2.45) is 5.41 Å². The molecule has 0 N–H and O–H groups in total. The average molecular weight is 465 g/mol. The third-order valence-corrected chi connectivity index (χ3v) is 4.04. The van der Waals surface area contributed by atoms with Crippen molar-refractivity contribution in [3.05, 3.63) is 48.6 Å². The summed E-state index contributed by atoms with van der Waals surface area (Å²) in [5.41, 5.74) is -1.29. The molecule has 0 spiro atoms. The molecule has 0 aromatic carbocycles. The lowest BCUT2D eigenvalue weighted by Gasteiger charge is -2.31. The maximum absolute atomic E-state index is 12.0. The summed E-state index contributed by atoms with van der Waals surface area (Å²) in [6, 6.07) is 0. The number of hydrogen-bond acceptors (Lipinski definition) is 8. The molecular formula is C25H36O8. The van der Waals surface area contributed by atoms with Gasteiger partial charge in [0.05, 0.1) is 0 Å². The van der Waals surface area contributed by atoms with Gasteiger partial charge in [-0.2, -0.15) is 0 Å². The number of esters is 4. The SMILES string of the molecule is CCC=CC(=O)OCC(COC(=O)C=CCC)(COC(=O)C=CCC)COC(=O)C=CCC. The highest BCUT2D eigenvalue weighted by atomic mass is 16.6. The van der Waals surface area contributed by atoms with Crippen molar-refractivity contribution in [3.8, 4) is 0 Å². The van der Waals surface area contributed by atoms with E-state index < -0.39 is 29.3 Å². The maximum atomic E-state index is 12.0. The van der Waals surface area contributed by atoms with Crippen LogP contribution in [0.3, 0.4) is 0 Å². The molecule has 0 aromatic heterocycles. The summed E-state index contributed by atoms with van der Waals surface area (Å²) in [5, 5.41) is 0. The molecule has 0 aliphatic carbocycles. The minimum absolute atomic E-state index is 0.305. The second kappa shape index (κ2) is 18.4. The van der Waals surface area contributed by atoms with Gasteiger partial charge >= 0.3 is 23.9 Å². The molecule has 0 aliphatic heterocycles. The molecule has 0 saturated carbocycles. The third kappa shape index (κ3) is 15.3. The van der Waals surface area contributed by atoms with E-state index in [0.717, 1.165) is 0 Å². The molecule has 33 heavy (non-hydrogen) atoms. The molecule has 8 nitrogen and oxygen atoms in total.